The quantitative estimate of drug-likeness (QED) is 0.108. The summed E-state index contributed by atoms with van der Waals surface area (Å²) in [5.74, 6) is -0.843. The molecule has 1 aliphatic heterocycles. The fourth-order valence-corrected chi connectivity index (χ4v) is 5.32. The minimum atomic E-state index is -0.796. The third-order valence-electron chi connectivity index (χ3n) is 6.25. The molecular weight excluding hydrogens is 629 g/mol. The topological polar surface area (TPSA) is 121 Å². The lowest BCUT2D eigenvalue weighted by Gasteiger charge is -2.22. The summed E-state index contributed by atoms with van der Waals surface area (Å²) in [5, 5.41) is 6.62. The highest BCUT2D eigenvalue weighted by molar-refractivity contribution is 7.98. The molecule has 2 N–H and O–H groups in total. The number of amides is 4. The van der Waals surface area contributed by atoms with Crippen LogP contribution in [0.25, 0.3) is 0 Å². The Morgan fingerprint density at radius 1 is 0.977 bits per heavy atom. The van der Waals surface area contributed by atoms with E-state index in [4.69, 9.17) is 32.7 Å². The normalized spacial score (nSPS) is 15.0. The molecule has 1 saturated heterocycles. The first kappa shape index (κ1) is 35.3. The summed E-state index contributed by atoms with van der Waals surface area (Å²) in [4.78, 5) is 53.8. The Balaban J connectivity index is 1.46. The number of nitrogens with one attached hydrogen (secondary N) is 2. The lowest BCUT2D eigenvalue weighted by Crippen LogP contribution is -2.46. The number of alkyl carbamates (subject to hydrolysis) is 1. The van der Waals surface area contributed by atoms with Crippen LogP contribution in [0.1, 0.15) is 62.4 Å². The molecule has 0 aromatic heterocycles. The molecule has 1 unspecified atom stereocenters. The van der Waals surface area contributed by atoms with Crippen molar-refractivity contribution in [3.63, 3.8) is 0 Å². The van der Waals surface area contributed by atoms with E-state index >= 15 is 0 Å². The van der Waals surface area contributed by atoms with Gasteiger partial charge in [-0.1, -0.05) is 41.8 Å². The molecule has 44 heavy (non-hydrogen) atoms. The smallest absolute Gasteiger partial charge is 0.408 e. The third-order valence-corrected chi connectivity index (χ3v) is 7.86. The highest BCUT2D eigenvalue weighted by atomic mass is 35.5. The van der Waals surface area contributed by atoms with E-state index in [1.165, 1.54) is 9.21 Å². The maximum atomic E-state index is 13.3. The fraction of sp³-hybridized carbons (Fsp3) is 0.467. The zero-order chi connectivity index (χ0) is 32.3. The zero-order valence-corrected chi connectivity index (χ0v) is 27.6. The molecule has 14 heteroatoms. The van der Waals surface area contributed by atoms with Crippen LogP contribution in [-0.2, 0) is 20.8 Å². The number of unbranched alkanes of at least 4 members (excludes halogenated alkanes) is 2. The van der Waals surface area contributed by atoms with Crippen LogP contribution in [0.5, 0.6) is 0 Å². The number of benzene rings is 2. The Morgan fingerprint density at radius 2 is 1.61 bits per heavy atom. The second-order valence-corrected chi connectivity index (χ2v) is 13.2. The van der Waals surface area contributed by atoms with Gasteiger partial charge in [0.1, 0.15) is 5.60 Å². The Hall–Kier alpha value is -3.19. The van der Waals surface area contributed by atoms with Crippen molar-refractivity contribution in [3.8, 4) is 0 Å². The molecular formula is C30H39Cl2N5O6S. The van der Waals surface area contributed by atoms with Gasteiger partial charge in [-0.15, -0.1) is 0 Å². The van der Waals surface area contributed by atoms with Gasteiger partial charge in [-0.05, 0) is 89.2 Å². The molecule has 1 aliphatic rings. The second kappa shape index (κ2) is 16.8. The summed E-state index contributed by atoms with van der Waals surface area (Å²) >= 11 is 13.1. The molecule has 1 atom stereocenters. The SMILES string of the molecule is CN(CCCCCC(=O)OCN1C(=O)N(Cc2ccc(Cl)cc2)SC1NC(=O)c1ccc(Cl)cc1)CNC(=O)OC(C)(C)C. The monoisotopic (exact) mass is 667 g/mol. The third kappa shape index (κ3) is 12.1. The molecule has 2 aromatic carbocycles. The number of hydrogen-bond acceptors (Lipinski definition) is 8. The Morgan fingerprint density at radius 3 is 2.25 bits per heavy atom. The Bertz CT molecular complexity index is 1280. The number of rotatable bonds is 14. The van der Waals surface area contributed by atoms with E-state index in [0.29, 0.717) is 28.7 Å². The maximum absolute atomic E-state index is 13.3. The lowest BCUT2D eigenvalue weighted by atomic mass is 10.2. The number of esters is 1. The second-order valence-electron chi connectivity index (χ2n) is 11.2. The van der Waals surface area contributed by atoms with Gasteiger partial charge in [0.25, 0.3) is 5.91 Å². The average Bonchev–Trinajstić information content (AvgIpc) is 3.24. The molecule has 0 spiro atoms. The van der Waals surface area contributed by atoms with Crippen molar-refractivity contribution in [1.82, 2.24) is 24.7 Å². The van der Waals surface area contributed by atoms with E-state index in [9.17, 15) is 19.2 Å². The minimum absolute atomic E-state index is 0.186. The van der Waals surface area contributed by atoms with E-state index in [-0.39, 0.29) is 19.7 Å². The minimum Gasteiger partial charge on any atom is -0.444 e. The van der Waals surface area contributed by atoms with E-state index in [1.807, 2.05) is 24.1 Å². The predicted molar refractivity (Wildman–Crippen MR) is 171 cm³/mol. The maximum Gasteiger partial charge on any atom is 0.408 e. The van der Waals surface area contributed by atoms with Crippen molar-refractivity contribution in [2.24, 2.45) is 0 Å². The molecule has 240 valence electrons. The van der Waals surface area contributed by atoms with Gasteiger partial charge in [0.15, 0.2) is 12.2 Å². The van der Waals surface area contributed by atoms with Crippen LogP contribution in [0.2, 0.25) is 10.0 Å². The number of halogens is 2. The van der Waals surface area contributed by atoms with Gasteiger partial charge < -0.3 is 20.1 Å². The molecule has 1 fully saturated rings. The van der Waals surface area contributed by atoms with Gasteiger partial charge in [0, 0.05) is 34.0 Å². The number of ether oxygens (including phenoxy) is 2. The lowest BCUT2D eigenvalue weighted by molar-refractivity contribution is -0.147. The van der Waals surface area contributed by atoms with Gasteiger partial charge in [0.2, 0.25) is 0 Å². The number of nitrogens with zero attached hydrogens (tertiary/aromatic N) is 3. The first-order valence-corrected chi connectivity index (χ1v) is 15.8. The van der Waals surface area contributed by atoms with Crippen LogP contribution in [0, 0.1) is 0 Å². The first-order valence-electron chi connectivity index (χ1n) is 14.2. The summed E-state index contributed by atoms with van der Waals surface area (Å²) in [6.45, 7) is 6.44. The van der Waals surface area contributed by atoms with Crippen molar-refractivity contribution in [3.05, 3.63) is 69.7 Å². The van der Waals surface area contributed by atoms with Gasteiger partial charge in [-0.2, -0.15) is 0 Å². The Kier molecular flexibility index (Phi) is 13.4. The van der Waals surface area contributed by atoms with Gasteiger partial charge in [0.05, 0.1) is 13.2 Å². The van der Waals surface area contributed by atoms with E-state index < -0.39 is 35.1 Å². The van der Waals surface area contributed by atoms with Crippen LogP contribution >= 0.6 is 35.1 Å². The number of hydrogen-bond donors (Lipinski definition) is 2. The summed E-state index contributed by atoms with van der Waals surface area (Å²) in [7, 11) is 1.88. The highest BCUT2D eigenvalue weighted by Gasteiger charge is 2.40. The summed E-state index contributed by atoms with van der Waals surface area (Å²) in [6.07, 6.45) is 1.92. The molecule has 1 heterocycles. The molecule has 11 nitrogen and oxygen atoms in total. The van der Waals surface area contributed by atoms with Crippen LogP contribution in [-0.4, -0.2) is 76.2 Å². The summed E-state index contributed by atoms with van der Waals surface area (Å²) in [6, 6.07) is 13.1. The van der Waals surface area contributed by atoms with Gasteiger partial charge in [-0.3, -0.25) is 23.7 Å². The molecule has 0 radical (unpaired) electrons. The van der Waals surface area contributed by atoms with Crippen LogP contribution in [0.15, 0.2) is 48.5 Å². The van der Waals surface area contributed by atoms with E-state index in [1.54, 1.807) is 57.2 Å². The highest BCUT2D eigenvalue weighted by Crippen LogP contribution is 2.32. The number of urea groups is 1. The Labute approximate surface area is 272 Å². The summed E-state index contributed by atoms with van der Waals surface area (Å²) < 4.78 is 12.2. The molecule has 2 aromatic rings. The predicted octanol–water partition coefficient (Wildman–Crippen LogP) is 6.07. The fourth-order valence-electron chi connectivity index (χ4n) is 3.98. The molecule has 0 aliphatic carbocycles. The van der Waals surface area contributed by atoms with Crippen molar-refractivity contribution in [1.29, 1.82) is 0 Å². The molecule has 0 saturated carbocycles. The first-order chi connectivity index (χ1) is 20.8. The van der Waals surface area contributed by atoms with Crippen molar-refractivity contribution < 1.29 is 28.7 Å². The van der Waals surface area contributed by atoms with Gasteiger partial charge >= 0.3 is 18.1 Å². The summed E-state index contributed by atoms with van der Waals surface area (Å²) in [5.41, 5.74) is -0.123. The van der Waals surface area contributed by atoms with Crippen molar-refractivity contribution in [2.45, 2.75) is 64.1 Å². The van der Waals surface area contributed by atoms with E-state index in [2.05, 4.69) is 10.6 Å². The standard InChI is InChI=1S/C30H39Cl2N5O6S/c1-30(2,3)43-28(40)33-19-35(4)17-7-5-6-8-25(38)42-20-36-27(34-26(39)22-11-15-24(32)16-12-22)44-37(29(36)41)18-21-9-13-23(31)14-10-21/h9-16,27H,5-8,17-20H2,1-4H3,(H,33,40)(H,34,39). The number of carbonyl (C=O) groups is 4. The number of carbonyl (C=O) groups excluding carboxylic acids is 4. The average molecular weight is 669 g/mol. The van der Waals surface area contributed by atoms with Crippen LogP contribution in [0.3, 0.4) is 0 Å². The zero-order valence-electron chi connectivity index (χ0n) is 25.3. The van der Waals surface area contributed by atoms with Gasteiger partial charge in [-0.25, -0.2) is 9.59 Å². The molecule has 4 amide bonds. The van der Waals surface area contributed by atoms with Crippen molar-refractivity contribution >= 4 is 59.2 Å². The van der Waals surface area contributed by atoms with Crippen LogP contribution in [0.4, 0.5) is 9.59 Å². The van der Waals surface area contributed by atoms with Crippen molar-refractivity contribution in [2.75, 3.05) is 27.0 Å². The molecule has 3 rings (SSSR count). The molecule has 0 bridgehead atoms. The largest absolute Gasteiger partial charge is 0.444 e. The van der Waals surface area contributed by atoms with E-state index in [0.717, 1.165) is 36.9 Å². The van der Waals surface area contributed by atoms with Crippen LogP contribution < -0.4 is 10.6 Å².